The molecule has 21 heavy (non-hydrogen) atoms. The van der Waals surface area contributed by atoms with E-state index in [0.29, 0.717) is 18.0 Å². The lowest BCUT2D eigenvalue weighted by Crippen LogP contribution is -2.40. The SMILES string of the molecule is O=C(O)CCOC1CCN(C(=O)c2cc(Br)c(Br)s2)CC1. The number of carboxylic acid groups (broad SMARTS) is 1. The molecular formula is C13H15Br2NO4S. The zero-order valence-corrected chi connectivity index (χ0v) is 15.2. The normalized spacial score (nSPS) is 16.2. The average molecular weight is 441 g/mol. The molecule has 0 atom stereocenters. The number of rotatable bonds is 5. The Balaban J connectivity index is 1.80. The van der Waals surface area contributed by atoms with Crippen LogP contribution >= 0.6 is 43.2 Å². The number of amides is 1. The van der Waals surface area contributed by atoms with Gasteiger partial charge in [-0.15, -0.1) is 11.3 Å². The first kappa shape index (κ1) is 16.9. The third-order valence-corrected chi connectivity index (χ3v) is 6.50. The monoisotopic (exact) mass is 439 g/mol. The largest absolute Gasteiger partial charge is 0.481 e. The van der Waals surface area contributed by atoms with Gasteiger partial charge in [0, 0.05) is 17.6 Å². The van der Waals surface area contributed by atoms with Crippen molar-refractivity contribution < 1.29 is 19.4 Å². The number of aliphatic carboxylic acids is 1. The molecule has 1 aromatic heterocycles. The van der Waals surface area contributed by atoms with Crippen molar-refractivity contribution in [2.45, 2.75) is 25.4 Å². The van der Waals surface area contributed by atoms with Crippen molar-refractivity contribution in [1.29, 1.82) is 0 Å². The summed E-state index contributed by atoms with van der Waals surface area (Å²) < 4.78 is 7.33. The van der Waals surface area contributed by atoms with Crippen LogP contribution in [0.15, 0.2) is 14.3 Å². The van der Waals surface area contributed by atoms with Crippen LogP contribution in [-0.4, -0.2) is 47.7 Å². The molecule has 0 saturated carbocycles. The number of carbonyl (C=O) groups is 2. The maximum atomic E-state index is 12.4. The summed E-state index contributed by atoms with van der Waals surface area (Å²) in [7, 11) is 0. The van der Waals surface area contributed by atoms with E-state index in [0.717, 1.165) is 21.1 Å². The Morgan fingerprint density at radius 1 is 1.38 bits per heavy atom. The lowest BCUT2D eigenvalue weighted by Gasteiger charge is -2.31. The Kier molecular flexibility index (Phi) is 6.21. The van der Waals surface area contributed by atoms with E-state index in [1.165, 1.54) is 11.3 Å². The molecule has 1 aliphatic rings. The van der Waals surface area contributed by atoms with E-state index in [4.69, 9.17) is 9.84 Å². The van der Waals surface area contributed by atoms with Crippen LogP contribution in [0.25, 0.3) is 0 Å². The van der Waals surface area contributed by atoms with Gasteiger partial charge in [-0.3, -0.25) is 9.59 Å². The van der Waals surface area contributed by atoms with Crippen LogP contribution in [0.5, 0.6) is 0 Å². The fourth-order valence-electron chi connectivity index (χ4n) is 2.15. The second kappa shape index (κ2) is 7.71. The smallest absolute Gasteiger partial charge is 0.305 e. The Morgan fingerprint density at radius 3 is 2.57 bits per heavy atom. The van der Waals surface area contributed by atoms with Crippen molar-refractivity contribution in [3.63, 3.8) is 0 Å². The summed E-state index contributed by atoms with van der Waals surface area (Å²) in [6.45, 7) is 1.52. The van der Waals surface area contributed by atoms with Gasteiger partial charge >= 0.3 is 5.97 Å². The molecule has 1 aliphatic heterocycles. The minimum atomic E-state index is -0.850. The summed E-state index contributed by atoms with van der Waals surface area (Å²) >= 11 is 8.19. The van der Waals surface area contributed by atoms with Gasteiger partial charge in [-0.2, -0.15) is 0 Å². The van der Waals surface area contributed by atoms with Crippen LogP contribution in [0, 0.1) is 0 Å². The molecule has 0 aromatic carbocycles. The van der Waals surface area contributed by atoms with E-state index in [-0.39, 0.29) is 25.0 Å². The molecule has 0 spiro atoms. The Bertz CT molecular complexity index is 507. The number of halogens is 2. The summed E-state index contributed by atoms with van der Waals surface area (Å²) in [4.78, 5) is 25.3. The first-order chi connectivity index (χ1) is 9.97. The molecule has 2 heterocycles. The molecular weight excluding hydrogens is 426 g/mol. The second-order valence-corrected chi connectivity index (χ2v) is 7.96. The number of carboxylic acids is 1. The van der Waals surface area contributed by atoms with Gasteiger partial charge < -0.3 is 14.7 Å². The predicted molar refractivity (Wildman–Crippen MR) is 86.8 cm³/mol. The summed E-state index contributed by atoms with van der Waals surface area (Å²) in [5.41, 5.74) is 0. The molecule has 2 rings (SSSR count). The van der Waals surface area contributed by atoms with Crippen molar-refractivity contribution >= 4 is 55.1 Å². The molecule has 1 N–H and O–H groups in total. The first-order valence-corrected chi connectivity index (χ1v) is 8.95. The Hall–Kier alpha value is -0.440. The van der Waals surface area contributed by atoms with Gasteiger partial charge in [0.25, 0.3) is 5.91 Å². The quantitative estimate of drug-likeness (QED) is 0.762. The second-order valence-electron chi connectivity index (χ2n) is 4.74. The van der Waals surface area contributed by atoms with Crippen LogP contribution in [0.3, 0.4) is 0 Å². The van der Waals surface area contributed by atoms with Crippen molar-refractivity contribution in [2.75, 3.05) is 19.7 Å². The zero-order chi connectivity index (χ0) is 15.4. The van der Waals surface area contributed by atoms with Gasteiger partial charge in [-0.1, -0.05) is 0 Å². The maximum absolute atomic E-state index is 12.4. The number of carbonyl (C=O) groups excluding carboxylic acids is 1. The van der Waals surface area contributed by atoms with Crippen molar-refractivity contribution in [1.82, 2.24) is 4.90 Å². The molecule has 0 unspecified atom stereocenters. The minimum absolute atomic E-state index is 0.0242. The van der Waals surface area contributed by atoms with Crippen LogP contribution in [0.1, 0.15) is 28.9 Å². The number of nitrogens with zero attached hydrogens (tertiary/aromatic N) is 1. The fraction of sp³-hybridized carbons (Fsp3) is 0.538. The number of hydrogen-bond acceptors (Lipinski definition) is 4. The summed E-state index contributed by atoms with van der Waals surface area (Å²) in [6.07, 6.45) is 1.57. The highest BCUT2D eigenvalue weighted by Crippen LogP contribution is 2.33. The molecule has 1 aromatic rings. The number of piperidine rings is 1. The summed E-state index contributed by atoms with van der Waals surface area (Å²) in [5.74, 6) is -0.813. The molecule has 0 bridgehead atoms. The molecule has 116 valence electrons. The fourth-order valence-corrected chi connectivity index (χ4v) is 4.15. The Labute approximate surface area is 143 Å². The zero-order valence-electron chi connectivity index (χ0n) is 11.2. The molecule has 5 nitrogen and oxygen atoms in total. The van der Waals surface area contributed by atoms with Crippen LogP contribution in [0.4, 0.5) is 0 Å². The number of likely N-dealkylation sites (tertiary alicyclic amines) is 1. The number of hydrogen-bond donors (Lipinski definition) is 1. The van der Waals surface area contributed by atoms with Crippen molar-refractivity contribution in [3.8, 4) is 0 Å². The van der Waals surface area contributed by atoms with Crippen molar-refractivity contribution in [3.05, 3.63) is 19.2 Å². The first-order valence-electron chi connectivity index (χ1n) is 6.55. The van der Waals surface area contributed by atoms with E-state index in [9.17, 15) is 9.59 Å². The highest BCUT2D eigenvalue weighted by Gasteiger charge is 2.25. The van der Waals surface area contributed by atoms with Gasteiger partial charge in [0.15, 0.2) is 0 Å². The van der Waals surface area contributed by atoms with Crippen LogP contribution in [0.2, 0.25) is 0 Å². The molecule has 1 saturated heterocycles. The third kappa shape index (κ3) is 4.77. The molecule has 0 aliphatic carbocycles. The average Bonchev–Trinajstić information content (AvgIpc) is 2.78. The predicted octanol–water partition coefficient (Wildman–Crippen LogP) is 3.37. The van der Waals surface area contributed by atoms with Crippen LogP contribution < -0.4 is 0 Å². The maximum Gasteiger partial charge on any atom is 0.305 e. The molecule has 1 amide bonds. The highest BCUT2D eigenvalue weighted by molar-refractivity contribution is 9.13. The topological polar surface area (TPSA) is 66.8 Å². The highest BCUT2D eigenvalue weighted by atomic mass is 79.9. The van der Waals surface area contributed by atoms with E-state index in [1.54, 1.807) is 0 Å². The van der Waals surface area contributed by atoms with Crippen molar-refractivity contribution in [2.24, 2.45) is 0 Å². The Morgan fingerprint density at radius 2 is 2.05 bits per heavy atom. The van der Waals surface area contributed by atoms with Gasteiger partial charge in [0.2, 0.25) is 0 Å². The molecule has 0 radical (unpaired) electrons. The van der Waals surface area contributed by atoms with E-state index >= 15 is 0 Å². The minimum Gasteiger partial charge on any atom is -0.481 e. The molecule has 8 heteroatoms. The standard InChI is InChI=1S/C13H15Br2NO4S/c14-9-7-10(21-12(9)15)13(19)16-4-1-8(2-5-16)20-6-3-11(17)18/h7-8H,1-6H2,(H,17,18). The summed E-state index contributed by atoms with van der Waals surface area (Å²) in [6, 6.07) is 1.83. The van der Waals surface area contributed by atoms with Crippen LogP contribution in [-0.2, 0) is 9.53 Å². The number of ether oxygens (including phenoxy) is 1. The molecule has 1 fully saturated rings. The van der Waals surface area contributed by atoms with E-state index in [2.05, 4.69) is 31.9 Å². The van der Waals surface area contributed by atoms with Gasteiger partial charge in [0.05, 0.1) is 27.8 Å². The van der Waals surface area contributed by atoms with E-state index in [1.807, 2.05) is 11.0 Å². The lowest BCUT2D eigenvalue weighted by atomic mass is 10.1. The van der Waals surface area contributed by atoms with E-state index < -0.39 is 5.97 Å². The number of thiophene rings is 1. The van der Waals surface area contributed by atoms with Gasteiger partial charge in [0.1, 0.15) is 0 Å². The summed E-state index contributed by atoms with van der Waals surface area (Å²) in [5, 5.41) is 8.57. The van der Waals surface area contributed by atoms with Gasteiger partial charge in [-0.25, -0.2) is 0 Å². The lowest BCUT2D eigenvalue weighted by molar-refractivity contribution is -0.138. The third-order valence-electron chi connectivity index (χ3n) is 3.25. The van der Waals surface area contributed by atoms with Gasteiger partial charge in [-0.05, 0) is 50.8 Å².